The second-order valence-corrected chi connectivity index (χ2v) is 6.13. The molecule has 0 atom stereocenters. The Bertz CT molecular complexity index is 944. The lowest BCUT2D eigenvalue weighted by atomic mass is 10.1. The maximum Gasteiger partial charge on any atom is 0.435 e. The van der Waals surface area contributed by atoms with Crippen molar-refractivity contribution in [1.82, 2.24) is 24.9 Å². The summed E-state index contributed by atoms with van der Waals surface area (Å²) in [6, 6.07) is 12.4. The molecule has 3 rings (SSSR count). The first kappa shape index (κ1) is 18.7. The Morgan fingerprint density at radius 2 is 1.78 bits per heavy atom. The number of hydrogen-bond donors (Lipinski definition) is 1. The molecule has 0 unspecified atom stereocenters. The van der Waals surface area contributed by atoms with Crippen LogP contribution in [0.4, 0.5) is 13.2 Å². The van der Waals surface area contributed by atoms with Crippen LogP contribution in [-0.2, 0) is 33.2 Å². The van der Waals surface area contributed by atoms with Crippen LogP contribution in [0.25, 0.3) is 0 Å². The van der Waals surface area contributed by atoms with Crippen LogP contribution in [0.5, 0.6) is 0 Å². The highest BCUT2D eigenvalue weighted by atomic mass is 19.4. The van der Waals surface area contributed by atoms with Gasteiger partial charge < -0.3 is 5.32 Å². The maximum atomic E-state index is 12.7. The van der Waals surface area contributed by atoms with E-state index in [0.29, 0.717) is 6.42 Å². The Labute approximate surface area is 153 Å². The molecule has 0 aliphatic carbocycles. The molecule has 142 valence electrons. The minimum Gasteiger partial charge on any atom is -0.345 e. The van der Waals surface area contributed by atoms with E-state index in [2.05, 4.69) is 15.5 Å². The van der Waals surface area contributed by atoms with Crippen LogP contribution >= 0.6 is 0 Å². The molecule has 0 saturated carbocycles. The van der Waals surface area contributed by atoms with Crippen molar-refractivity contribution >= 4 is 5.91 Å². The number of aromatic nitrogens is 4. The van der Waals surface area contributed by atoms with Gasteiger partial charge in [-0.1, -0.05) is 30.3 Å². The molecule has 3 aromatic rings. The van der Waals surface area contributed by atoms with E-state index < -0.39 is 17.8 Å². The summed E-state index contributed by atoms with van der Waals surface area (Å²) in [7, 11) is 3.05. The zero-order chi connectivity index (χ0) is 19.6. The van der Waals surface area contributed by atoms with E-state index in [1.807, 2.05) is 36.4 Å². The highest BCUT2D eigenvalue weighted by Gasteiger charge is 2.35. The van der Waals surface area contributed by atoms with Gasteiger partial charge >= 0.3 is 6.18 Å². The normalized spacial score (nSPS) is 11.6. The molecule has 1 amide bonds. The largest absolute Gasteiger partial charge is 0.435 e. The third-order valence-corrected chi connectivity index (χ3v) is 4.09. The summed E-state index contributed by atoms with van der Waals surface area (Å²) >= 11 is 0. The molecule has 2 aromatic heterocycles. The van der Waals surface area contributed by atoms with Gasteiger partial charge in [-0.3, -0.25) is 14.2 Å². The van der Waals surface area contributed by atoms with E-state index in [-0.39, 0.29) is 12.2 Å². The molecular weight excluding hydrogens is 359 g/mol. The summed E-state index contributed by atoms with van der Waals surface area (Å²) in [6.07, 6.45) is -3.94. The van der Waals surface area contributed by atoms with Crippen molar-refractivity contribution in [2.24, 2.45) is 14.1 Å². The Morgan fingerprint density at radius 3 is 2.41 bits per heavy atom. The average Bonchev–Trinajstić information content (AvgIpc) is 3.16. The van der Waals surface area contributed by atoms with Crippen molar-refractivity contribution in [3.05, 3.63) is 70.8 Å². The standard InChI is InChI=1S/C18H18F3N5O/c1-25-14(9-13(23-25)8-12-6-4-3-5-7-12)11-22-17(27)15-10-16(18(19,20)21)24-26(15)2/h3-7,9-10H,8,11H2,1-2H3,(H,22,27). The third-order valence-electron chi connectivity index (χ3n) is 4.09. The first-order chi connectivity index (χ1) is 12.7. The Balaban J connectivity index is 1.67. The zero-order valence-corrected chi connectivity index (χ0v) is 14.8. The van der Waals surface area contributed by atoms with Gasteiger partial charge in [0.2, 0.25) is 0 Å². The van der Waals surface area contributed by atoms with Gasteiger partial charge in [-0.05, 0) is 11.6 Å². The zero-order valence-electron chi connectivity index (χ0n) is 14.8. The highest BCUT2D eigenvalue weighted by molar-refractivity contribution is 5.92. The van der Waals surface area contributed by atoms with Gasteiger partial charge in [-0.2, -0.15) is 23.4 Å². The van der Waals surface area contributed by atoms with Crippen LogP contribution in [-0.4, -0.2) is 25.5 Å². The smallest absolute Gasteiger partial charge is 0.345 e. The van der Waals surface area contributed by atoms with E-state index >= 15 is 0 Å². The first-order valence-electron chi connectivity index (χ1n) is 8.19. The lowest BCUT2D eigenvalue weighted by Gasteiger charge is -2.05. The second kappa shape index (κ2) is 7.26. The summed E-state index contributed by atoms with van der Waals surface area (Å²) in [4.78, 5) is 12.2. The van der Waals surface area contributed by atoms with Crippen molar-refractivity contribution < 1.29 is 18.0 Å². The number of rotatable bonds is 5. The molecular formula is C18H18F3N5O. The van der Waals surface area contributed by atoms with Crippen molar-refractivity contribution in [2.75, 3.05) is 0 Å². The van der Waals surface area contributed by atoms with E-state index in [4.69, 9.17) is 0 Å². The van der Waals surface area contributed by atoms with Crippen LogP contribution in [0.15, 0.2) is 42.5 Å². The monoisotopic (exact) mass is 377 g/mol. The van der Waals surface area contributed by atoms with Crippen LogP contribution in [0, 0.1) is 0 Å². The highest BCUT2D eigenvalue weighted by Crippen LogP contribution is 2.28. The molecule has 0 bridgehead atoms. The topological polar surface area (TPSA) is 64.7 Å². The lowest BCUT2D eigenvalue weighted by Crippen LogP contribution is -2.26. The van der Waals surface area contributed by atoms with E-state index in [9.17, 15) is 18.0 Å². The Kier molecular flexibility index (Phi) is 5.02. The molecule has 9 heteroatoms. The molecule has 0 saturated heterocycles. The van der Waals surface area contributed by atoms with Crippen molar-refractivity contribution in [3.8, 4) is 0 Å². The SMILES string of the molecule is Cn1nc(Cc2ccccc2)cc1CNC(=O)c1cc(C(F)(F)F)nn1C. The number of amides is 1. The van der Waals surface area contributed by atoms with Gasteiger partial charge in [0.05, 0.1) is 17.9 Å². The summed E-state index contributed by atoms with van der Waals surface area (Å²) in [6.45, 7) is 0.143. The number of nitrogens with zero attached hydrogens (tertiary/aromatic N) is 4. The molecule has 1 aromatic carbocycles. The van der Waals surface area contributed by atoms with Gasteiger partial charge in [0.15, 0.2) is 5.69 Å². The lowest BCUT2D eigenvalue weighted by molar-refractivity contribution is -0.141. The number of benzene rings is 1. The quantitative estimate of drug-likeness (QED) is 0.744. The predicted molar refractivity (Wildman–Crippen MR) is 91.8 cm³/mol. The van der Waals surface area contributed by atoms with Crippen LogP contribution in [0.3, 0.4) is 0 Å². The van der Waals surface area contributed by atoms with Crippen LogP contribution < -0.4 is 5.32 Å². The Hall–Kier alpha value is -3.10. The molecule has 0 radical (unpaired) electrons. The van der Waals surface area contributed by atoms with E-state index in [0.717, 1.165) is 27.7 Å². The molecule has 1 N–H and O–H groups in total. The van der Waals surface area contributed by atoms with Gasteiger partial charge in [0.1, 0.15) is 5.69 Å². The minimum absolute atomic E-state index is 0.143. The number of hydrogen-bond acceptors (Lipinski definition) is 3. The number of carbonyl (C=O) groups is 1. The fraction of sp³-hybridized carbons (Fsp3) is 0.278. The van der Waals surface area contributed by atoms with Gasteiger partial charge in [0.25, 0.3) is 5.91 Å². The molecule has 2 heterocycles. The molecule has 27 heavy (non-hydrogen) atoms. The second-order valence-electron chi connectivity index (χ2n) is 6.13. The molecule has 0 aliphatic rings. The summed E-state index contributed by atoms with van der Waals surface area (Å²) in [5, 5.41) is 10.4. The summed E-state index contributed by atoms with van der Waals surface area (Å²) in [5.41, 5.74) is 1.44. The average molecular weight is 377 g/mol. The number of alkyl halides is 3. The number of aryl methyl sites for hydroxylation is 2. The van der Waals surface area contributed by atoms with Crippen molar-refractivity contribution in [3.63, 3.8) is 0 Å². The molecule has 6 nitrogen and oxygen atoms in total. The number of carbonyl (C=O) groups excluding carboxylic acids is 1. The minimum atomic E-state index is -4.59. The van der Waals surface area contributed by atoms with Crippen LogP contribution in [0.1, 0.15) is 33.1 Å². The molecule has 0 aliphatic heterocycles. The van der Waals surface area contributed by atoms with Gasteiger partial charge in [-0.15, -0.1) is 0 Å². The summed E-state index contributed by atoms with van der Waals surface area (Å²) in [5.74, 6) is -0.633. The fourth-order valence-electron chi connectivity index (χ4n) is 2.71. The maximum absolute atomic E-state index is 12.7. The Morgan fingerprint density at radius 1 is 1.07 bits per heavy atom. The number of halogens is 3. The van der Waals surface area contributed by atoms with E-state index in [1.54, 1.807) is 11.7 Å². The van der Waals surface area contributed by atoms with E-state index in [1.165, 1.54) is 7.05 Å². The molecule has 0 spiro atoms. The van der Waals surface area contributed by atoms with Gasteiger partial charge in [0, 0.05) is 26.6 Å². The fourth-order valence-corrected chi connectivity index (χ4v) is 2.71. The first-order valence-corrected chi connectivity index (χ1v) is 8.19. The summed E-state index contributed by atoms with van der Waals surface area (Å²) < 4.78 is 40.7. The predicted octanol–water partition coefficient (Wildman–Crippen LogP) is 2.69. The number of nitrogens with one attached hydrogen (secondary N) is 1. The van der Waals surface area contributed by atoms with Gasteiger partial charge in [-0.25, -0.2) is 0 Å². The van der Waals surface area contributed by atoms with Crippen molar-refractivity contribution in [1.29, 1.82) is 0 Å². The third kappa shape index (κ3) is 4.36. The molecule has 0 fully saturated rings. The van der Waals surface area contributed by atoms with Crippen LogP contribution in [0.2, 0.25) is 0 Å². The van der Waals surface area contributed by atoms with Crippen molar-refractivity contribution in [2.45, 2.75) is 19.1 Å².